The molecule has 0 atom stereocenters. The number of carbonyl (C=O) groups is 1. The van der Waals surface area contributed by atoms with Gasteiger partial charge in [0.15, 0.2) is 0 Å². The first-order chi connectivity index (χ1) is 9.56. The van der Waals surface area contributed by atoms with Crippen LogP contribution in [0, 0.1) is 5.82 Å². The summed E-state index contributed by atoms with van der Waals surface area (Å²) in [5.41, 5.74) is 2.13. The van der Waals surface area contributed by atoms with Crippen molar-refractivity contribution in [2.75, 3.05) is 11.4 Å². The van der Waals surface area contributed by atoms with Crippen molar-refractivity contribution < 1.29 is 9.18 Å². The summed E-state index contributed by atoms with van der Waals surface area (Å²) in [6.07, 6.45) is 0.742. The summed E-state index contributed by atoms with van der Waals surface area (Å²) in [7, 11) is 0. The van der Waals surface area contributed by atoms with Gasteiger partial charge in [0, 0.05) is 16.6 Å². The van der Waals surface area contributed by atoms with Gasteiger partial charge in [0.2, 0.25) is 0 Å². The molecule has 0 radical (unpaired) electrons. The van der Waals surface area contributed by atoms with Crippen molar-refractivity contribution >= 4 is 39.1 Å². The molecule has 0 fully saturated rings. The van der Waals surface area contributed by atoms with E-state index in [0.29, 0.717) is 22.8 Å². The minimum atomic E-state index is -0.336. The maximum Gasteiger partial charge on any atom is 0.258 e. The SMILES string of the molecule is O=C(c1ccc(Br)c(Cl)c1)N1CCc2ccc(F)cc21. The fourth-order valence-corrected chi connectivity index (χ4v) is 2.78. The Morgan fingerprint density at radius 3 is 2.80 bits per heavy atom. The van der Waals surface area contributed by atoms with Crippen LogP contribution in [0.15, 0.2) is 40.9 Å². The highest BCUT2D eigenvalue weighted by Gasteiger charge is 2.26. The average Bonchev–Trinajstić information content (AvgIpc) is 2.84. The molecule has 1 aliphatic heterocycles. The van der Waals surface area contributed by atoms with Crippen molar-refractivity contribution in [3.8, 4) is 0 Å². The Hall–Kier alpha value is -1.39. The minimum Gasteiger partial charge on any atom is -0.308 e. The quantitative estimate of drug-likeness (QED) is 0.741. The second kappa shape index (κ2) is 5.19. The van der Waals surface area contributed by atoms with E-state index in [0.717, 1.165) is 16.5 Å². The zero-order valence-electron chi connectivity index (χ0n) is 10.4. The summed E-state index contributed by atoms with van der Waals surface area (Å²) < 4.78 is 14.1. The molecule has 0 spiro atoms. The molecule has 0 aliphatic carbocycles. The Balaban J connectivity index is 1.97. The fraction of sp³-hybridized carbons (Fsp3) is 0.133. The lowest BCUT2D eigenvalue weighted by molar-refractivity contribution is 0.0989. The Morgan fingerprint density at radius 1 is 1.25 bits per heavy atom. The Kier molecular flexibility index (Phi) is 3.52. The zero-order chi connectivity index (χ0) is 14.3. The molecule has 1 amide bonds. The van der Waals surface area contributed by atoms with Crippen molar-refractivity contribution in [2.45, 2.75) is 6.42 Å². The van der Waals surface area contributed by atoms with Gasteiger partial charge in [-0.2, -0.15) is 0 Å². The molecule has 20 heavy (non-hydrogen) atoms. The van der Waals surface area contributed by atoms with Gasteiger partial charge in [0.1, 0.15) is 5.82 Å². The van der Waals surface area contributed by atoms with Crippen molar-refractivity contribution in [1.82, 2.24) is 0 Å². The highest BCUT2D eigenvalue weighted by molar-refractivity contribution is 9.10. The maximum absolute atomic E-state index is 13.4. The molecular formula is C15H10BrClFNO. The molecule has 3 rings (SSSR count). The normalized spacial score (nSPS) is 13.4. The van der Waals surface area contributed by atoms with Gasteiger partial charge < -0.3 is 4.90 Å². The van der Waals surface area contributed by atoms with Crippen LogP contribution in [0.4, 0.5) is 10.1 Å². The second-order valence-corrected chi connectivity index (χ2v) is 5.87. The van der Waals surface area contributed by atoms with Gasteiger partial charge in [-0.15, -0.1) is 0 Å². The zero-order valence-corrected chi connectivity index (χ0v) is 12.7. The summed E-state index contributed by atoms with van der Waals surface area (Å²) in [4.78, 5) is 14.1. The lowest BCUT2D eigenvalue weighted by Gasteiger charge is -2.17. The fourth-order valence-electron chi connectivity index (χ4n) is 2.35. The van der Waals surface area contributed by atoms with E-state index in [1.165, 1.54) is 12.1 Å². The number of hydrogen-bond acceptors (Lipinski definition) is 1. The van der Waals surface area contributed by atoms with Crippen LogP contribution in [0.2, 0.25) is 5.02 Å². The number of halogens is 3. The number of rotatable bonds is 1. The van der Waals surface area contributed by atoms with E-state index in [9.17, 15) is 9.18 Å². The predicted octanol–water partition coefficient (Wildman–Crippen LogP) is 4.44. The summed E-state index contributed by atoms with van der Waals surface area (Å²) in [5.74, 6) is -0.499. The Bertz CT molecular complexity index is 704. The van der Waals surface area contributed by atoms with Gasteiger partial charge in [-0.25, -0.2) is 4.39 Å². The molecule has 0 saturated heterocycles. The maximum atomic E-state index is 13.4. The number of fused-ring (bicyclic) bond motifs is 1. The first kappa shape index (κ1) is 13.6. The summed E-state index contributed by atoms with van der Waals surface area (Å²) in [6, 6.07) is 9.61. The molecule has 0 N–H and O–H groups in total. The summed E-state index contributed by atoms with van der Waals surface area (Å²) in [6.45, 7) is 0.561. The number of nitrogens with zero attached hydrogens (tertiary/aromatic N) is 1. The van der Waals surface area contributed by atoms with E-state index in [1.54, 1.807) is 29.2 Å². The minimum absolute atomic E-state index is 0.163. The van der Waals surface area contributed by atoms with Crippen LogP contribution in [0.3, 0.4) is 0 Å². The first-order valence-corrected chi connectivity index (χ1v) is 7.29. The van der Waals surface area contributed by atoms with Crippen molar-refractivity contribution in [3.63, 3.8) is 0 Å². The number of amides is 1. The van der Waals surface area contributed by atoms with Crippen LogP contribution in [0.5, 0.6) is 0 Å². The first-order valence-electron chi connectivity index (χ1n) is 6.11. The smallest absolute Gasteiger partial charge is 0.258 e. The van der Waals surface area contributed by atoms with Crippen LogP contribution in [-0.4, -0.2) is 12.5 Å². The van der Waals surface area contributed by atoms with Crippen LogP contribution in [0.25, 0.3) is 0 Å². The highest BCUT2D eigenvalue weighted by atomic mass is 79.9. The molecule has 0 bridgehead atoms. The topological polar surface area (TPSA) is 20.3 Å². The third-order valence-corrected chi connectivity index (χ3v) is 4.59. The number of anilines is 1. The van der Waals surface area contributed by atoms with E-state index >= 15 is 0 Å². The van der Waals surface area contributed by atoms with Crippen molar-refractivity contribution in [2.24, 2.45) is 0 Å². The average molecular weight is 355 g/mol. The molecule has 102 valence electrons. The van der Waals surface area contributed by atoms with Crippen LogP contribution >= 0.6 is 27.5 Å². The highest BCUT2D eigenvalue weighted by Crippen LogP contribution is 2.31. The van der Waals surface area contributed by atoms with Crippen molar-refractivity contribution in [3.05, 3.63) is 62.8 Å². The van der Waals surface area contributed by atoms with Gasteiger partial charge in [-0.05, 0) is 58.2 Å². The van der Waals surface area contributed by atoms with Gasteiger partial charge in [0.05, 0.1) is 10.7 Å². The van der Waals surface area contributed by atoms with E-state index in [2.05, 4.69) is 15.9 Å². The number of hydrogen-bond donors (Lipinski definition) is 0. The Labute approximate surface area is 129 Å². The molecule has 2 aromatic carbocycles. The molecule has 2 nitrogen and oxygen atoms in total. The summed E-state index contributed by atoms with van der Waals surface area (Å²) in [5, 5.41) is 0.481. The van der Waals surface area contributed by atoms with E-state index in [-0.39, 0.29) is 11.7 Å². The van der Waals surface area contributed by atoms with Gasteiger partial charge in [0.25, 0.3) is 5.91 Å². The predicted molar refractivity (Wildman–Crippen MR) is 80.9 cm³/mol. The lowest BCUT2D eigenvalue weighted by atomic mass is 10.1. The third-order valence-electron chi connectivity index (χ3n) is 3.35. The second-order valence-electron chi connectivity index (χ2n) is 4.61. The number of benzene rings is 2. The third kappa shape index (κ3) is 2.34. The standard InChI is InChI=1S/C15H10BrClFNO/c16-12-4-2-10(7-13(12)17)15(20)19-6-5-9-1-3-11(18)8-14(9)19/h1-4,7-8H,5-6H2. The van der Waals surface area contributed by atoms with Crippen LogP contribution in [0.1, 0.15) is 15.9 Å². The molecule has 1 aliphatic rings. The molecule has 0 aromatic heterocycles. The van der Waals surface area contributed by atoms with Gasteiger partial charge in [-0.3, -0.25) is 4.79 Å². The van der Waals surface area contributed by atoms with Crippen molar-refractivity contribution in [1.29, 1.82) is 0 Å². The molecule has 1 heterocycles. The largest absolute Gasteiger partial charge is 0.308 e. The van der Waals surface area contributed by atoms with Crippen LogP contribution < -0.4 is 4.90 Å². The van der Waals surface area contributed by atoms with E-state index in [4.69, 9.17) is 11.6 Å². The molecule has 0 unspecified atom stereocenters. The van der Waals surface area contributed by atoms with Gasteiger partial charge >= 0.3 is 0 Å². The summed E-state index contributed by atoms with van der Waals surface area (Å²) >= 11 is 9.30. The number of carbonyl (C=O) groups excluding carboxylic acids is 1. The monoisotopic (exact) mass is 353 g/mol. The molecule has 2 aromatic rings. The molecule has 0 saturated carbocycles. The van der Waals surface area contributed by atoms with E-state index in [1.807, 2.05) is 0 Å². The van der Waals surface area contributed by atoms with Gasteiger partial charge in [-0.1, -0.05) is 17.7 Å². The molecule has 5 heteroatoms. The van der Waals surface area contributed by atoms with E-state index < -0.39 is 0 Å². The lowest BCUT2D eigenvalue weighted by Crippen LogP contribution is -2.28. The van der Waals surface area contributed by atoms with Crippen LogP contribution in [-0.2, 0) is 6.42 Å². The molecular weight excluding hydrogens is 345 g/mol. The Morgan fingerprint density at radius 2 is 2.05 bits per heavy atom.